The third-order valence-electron chi connectivity index (χ3n) is 4.08. The Balaban J connectivity index is 1.35. The zero-order chi connectivity index (χ0) is 21.3. The second kappa shape index (κ2) is 10.0. The SMILES string of the molecule is O=C(COC(=O)CCCc1nc2ccccc2c(=O)[nH]1)NC(=O)NCc1ccco1. The van der Waals surface area contributed by atoms with Crippen LogP contribution in [0.4, 0.5) is 4.79 Å². The van der Waals surface area contributed by atoms with Crippen LogP contribution in [0.25, 0.3) is 10.9 Å². The van der Waals surface area contributed by atoms with E-state index in [9.17, 15) is 19.2 Å². The lowest BCUT2D eigenvalue weighted by molar-refractivity contribution is -0.148. The van der Waals surface area contributed by atoms with Crippen LogP contribution in [0, 0.1) is 0 Å². The molecule has 0 aliphatic rings. The number of aromatic amines is 1. The van der Waals surface area contributed by atoms with Crippen LogP contribution < -0.4 is 16.2 Å². The van der Waals surface area contributed by atoms with Crippen LogP contribution >= 0.6 is 0 Å². The summed E-state index contributed by atoms with van der Waals surface area (Å²) in [6, 6.07) is 9.60. The van der Waals surface area contributed by atoms with Crippen LogP contribution in [0.2, 0.25) is 0 Å². The van der Waals surface area contributed by atoms with Crippen LogP contribution in [0.1, 0.15) is 24.4 Å². The number of H-pyrrole nitrogens is 1. The zero-order valence-corrected chi connectivity index (χ0v) is 16.0. The molecule has 0 unspecified atom stereocenters. The second-order valence-electron chi connectivity index (χ2n) is 6.35. The summed E-state index contributed by atoms with van der Waals surface area (Å²) in [7, 11) is 0. The van der Waals surface area contributed by atoms with E-state index in [2.05, 4.69) is 15.3 Å². The normalized spacial score (nSPS) is 10.5. The van der Waals surface area contributed by atoms with Gasteiger partial charge in [0.1, 0.15) is 11.6 Å². The van der Waals surface area contributed by atoms with Crippen molar-refractivity contribution >= 4 is 28.8 Å². The molecule has 2 heterocycles. The molecule has 0 radical (unpaired) electrons. The summed E-state index contributed by atoms with van der Waals surface area (Å²) in [6.07, 6.45) is 2.25. The number of aromatic nitrogens is 2. The highest BCUT2D eigenvalue weighted by Gasteiger charge is 2.12. The third-order valence-corrected chi connectivity index (χ3v) is 4.08. The molecule has 0 saturated carbocycles. The van der Waals surface area contributed by atoms with Gasteiger partial charge in [0.15, 0.2) is 6.61 Å². The molecule has 30 heavy (non-hydrogen) atoms. The number of imide groups is 1. The van der Waals surface area contributed by atoms with Gasteiger partial charge < -0.3 is 19.5 Å². The minimum Gasteiger partial charge on any atom is -0.467 e. The molecule has 0 spiro atoms. The number of ether oxygens (including phenoxy) is 1. The Morgan fingerprint density at radius 1 is 1.13 bits per heavy atom. The van der Waals surface area contributed by atoms with Crippen molar-refractivity contribution in [1.29, 1.82) is 0 Å². The van der Waals surface area contributed by atoms with Gasteiger partial charge in [0.05, 0.1) is 23.7 Å². The monoisotopic (exact) mass is 412 g/mol. The molecule has 10 heteroatoms. The van der Waals surface area contributed by atoms with Gasteiger partial charge in [0, 0.05) is 12.8 Å². The van der Waals surface area contributed by atoms with Crippen molar-refractivity contribution in [2.24, 2.45) is 0 Å². The minimum absolute atomic E-state index is 0.0362. The highest BCUT2D eigenvalue weighted by atomic mass is 16.5. The van der Waals surface area contributed by atoms with Gasteiger partial charge in [-0.2, -0.15) is 0 Å². The number of fused-ring (bicyclic) bond motifs is 1. The molecule has 1 aromatic carbocycles. The van der Waals surface area contributed by atoms with E-state index in [1.807, 2.05) is 5.32 Å². The maximum atomic E-state index is 12.0. The van der Waals surface area contributed by atoms with E-state index < -0.39 is 24.5 Å². The van der Waals surface area contributed by atoms with Crippen LogP contribution in [-0.4, -0.2) is 34.5 Å². The van der Waals surface area contributed by atoms with E-state index in [1.54, 1.807) is 36.4 Å². The van der Waals surface area contributed by atoms with E-state index in [4.69, 9.17) is 9.15 Å². The van der Waals surface area contributed by atoms with Gasteiger partial charge in [-0.15, -0.1) is 0 Å². The van der Waals surface area contributed by atoms with Crippen molar-refractivity contribution in [3.63, 3.8) is 0 Å². The number of furan rings is 1. The van der Waals surface area contributed by atoms with Crippen LogP contribution in [0.15, 0.2) is 51.9 Å². The van der Waals surface area contributed by atoms with E-state index in [1.165, 1.54) is 6.26 Å². The molecular formula is C20H20N4O6. The fourth-order valence-electron chi connectivity index (χ4n) is 2.66. The predicted molar refractivity (Wildman–Crippen MR) is 105 cm³/mol. The Bertz CT molecular complexity index is 1090. The van der Waals surface area contributed by atoms with Gasteiger partial charge in [-0.25, -0.2) is 9.78 Å². The molecule has 0 fully saturated rings. The number of hydrogen-bond acceptors (Lipinski definition) is 7. The fourth-order valence-corrected chi connectivity index (χ4v) is 2.66. The van der Waals surface area contributed by atoms with Crippen LogP contribution in [-0.2, 0) is 27.3 Å². The van der Waals surface area contributed by atoms with E-state index in [-0.39, 0.29) is 18.5 Å². The molecule has 3 amide bonds. The van der Waals surface area contributed by atoms with Crippen LogP contribution in [0.5, 0.6) is 0 Å². The summed E-state index contributed by atoms with van der Waals surface area (Å²) in [5.74, 6) is -0.339. The van der Waals surface area contributed by atoms with Gasteiger partial charge >= 0.3 is 12.0 Å². The van der Waals surface area contributed by atoms with Crippen LogP contribution in [0.3, 0.4) is 0 Å². The average molecular weight is 412 g/mol. The van der Waals surface area contributed by atoms with Crippen molar-refractivity contribution in [2.45, 2.75) is 25.8 Å². The molecule has 3 rings (SSSR count). The summed E-state index contributed by atoms with van der Waals surface area (Å²) >= 11 is 0. The summed E-state index contributed by atoms with van der Waals surface area (Å²) < 4.78 is 9.89. The standard InChI is InChI=1S/C20H20N4O6/c25-17(24-20(28)21-11-13-5-4-10-29-13)12-30-18(26)9-3-8-16-22-15-7-2-1-6-14(15)19(27)23-16/h1-2,4-7,10H,3,8-9,11-12H2,(H,22,23,27)(H2,21,24,25,28). The number of para-hydroxylation sites is 1. The quantitative estimate of drug-likeness (QED) is 0.475. The topological polar surface area (TPSA) is 143 Å². The average Bonchev–Trinajstić information content (AvgIpc) is 3.25. The first kappa shape index (κ1) is 20.8. The first-order valence-electron chi connectivity index (χ1n) is 9.25. The van der Waals surface area contributed by atoms with E-state index in [0.717, 1.165) is 0 Å². The number of nitrogens with zero attached hydrogens (tertiary/aromatic N) is 1. The smallest absolute Gasteiger partial charge is 0.321 e. The molecule has 10 nitrogen and oxygen atoms in total. The molecule has 0 atom stereocenters. The Morgan fingerprint density at radius 2 is 1.97 bits per heavy atom. The minimum atomic E-state index is -0.749. The molecule has 3 aromatic rings. The molecule has 0 saturated heterocycles. The number of urea groups is 1. The summed E-state index contributed by atoms with van der Waals surface area (Å²) in [5.41, 5.74) is 0.348. The molecular weight excluding hydrogens is 392 g/mol. The number of carbonyl (C=O) groups excluding carboxylic acids is 3. The first-order valence-corrected chi connectivity index (χ1v) is 9.25. The lowest BCUT2D eigenvalue weighted by Crippen LogP contribution is -2.41. The number of hydrogen-bond donors (Lipinski definition) is 3. The lowest BCUT2D eigenvalue weighted by Gasteiger charge is -2.07. The van der Waals surface area contributed by atoms with Gasteiger partial charge in [-0.3, -0.25) is 19.7 Å². The number of aryl methyl sites for hydroxylation is 1. The maximum Gasteiger partial charge on any atom is 0.321 e. The molecule has 0 bridgehead atoms. The number of rotatable bonds is 8. The molecule has 3 N–H and O–H groups in total. The molecule has 2 aromatic heterocycles. The fraction of sp³-hybridized carbons (Fsp3) is 0.250. The molecule has 156 valence electrons. The van der Waals surface area contributed by atoms with E-state index in [0.29, 0.717) is 35.3 Å². The first-order chi connectivity index (χ1) is 14.5. The number of benzene rings is 1. The predicted octanol–water partition coefficient (Wildman–Crippen LogP) is 1.41. The van der Waals surface area contributed by atoms with Crippen molar-refractivity contribution in [2.75, 3.05) is 6.61 Å². The zero-order valence-electron chi connectivity index (χ0n) is 16.0. The van der Waals surface area contributed by atoms with Gasteiger partial charge in [-0.05, 0) is 30.7 Å². The van der Waals surface area contributed by atoms with Crippen molar-refractivity contribution in [1.82, 2.24) is 20.6 Å². The molecule has 0 aliphatic heterocycles. The van der Waals surface area contributed by atoms with E-state index >= 15 is 0 Å². The second-order valence-corrected chi connectivity index (χ2v) is 6.35. The molecule has 0 aliphatic carbocycles. The number of amides is 3. The Kier molecular flexibility index (Phi) is 6.93. The Labute approximate surface area is 170 Å². The Morgan fingerprint density at radius 3 is 2.77 bits per heavy atom. The summed E-state index contributed by atoms with van der Waals surface area (Å²) in [6.45, 7) is -0.450. The Hall–Kier alpha value is -3.95. The maximum absolute atomic E-state index is 12.0. The van der Waals surface area contributed by atoms with Crippen molar-refractivity contribution < 1.29 is 23.5 Å². The summed E-state index contributed by atoms with van der Waals surface area (Å²) in [4.78, 5) is 54.1. The lowest BCUT2D eigenvalue weighted by atomic mass is 10.2. The van der Waals surface area contributed by atoms with Gasteiger partial charge in [0.25, 0.3) is 11.5 Å². The summed E-state index contributed by atoms with van der Waals surface area (Å²) in [5, 5.41) is 4.98. The van der Waals surface area contributed by atoms with Crippen molar-refractivity contribution in [3.05, 3.63) is 64.6 Å². The number of carbonyl (C=O) groups is 3. The highest BCUT2D eigenvalue weighted by Crippen LogP contribution is 2.07. The number of esters is 1. The van der Waals surface area contributed by atoms with Gasteiger partial charge in [-0.1, -0.05) is 12.1 Å². The number of nitrogens with one attached hydrogen (secondary N) is 3. The highest BCUT2D eigenvalue weighted by molar-refractivity contribution is 5.95. The van der Waals surface area contributed by atoms with Crippen molar-refractivity contribution in [3.8, 4) is 0 Å². The third kappa shape index (κ3) is 6.03. The largest absolute Gasteiger partial charge is 0.467 e. The van der Waals surface area contributed by atoms with Gasteiger partial charge in [0.2, 0.25) is 0 Å².